The zero-order chi connectivity index (χ0) is 32.5. The second kappa shape index (κ2) is 13.2. The third kappa shape index (κ3) is 7.27. The molecule has 5 unspecified atom stereocenters. The molecule has 14 heteroatoms. The van der Waals surface area contributed by atoms with E-state index >= 15 is 0 Å². The Kier molecular flexibility index (Phi) is 9.74. The number of aliphatic hydroxyl groups excluding tert-OH is 1. The van der Waals surface area contributed by atoms with Gasteiger partial charge in [-0.15, -0.1) is 0 Å². The van der Waals surface area contributed by atoms with Gasteiger partial charge in [0.2, 0.25) is 0 Å². The molecule has 5 atom stereocenters. The number of nitrogens with zero attached hydrogens (tertiary/aromatic N) is 1. The fourth-order valence-corrected chi connectivity index (χ4v) is 7.09. The van der Waals surface area contributed by atoms with E-state index in [0.29, 0.717) is 29.0 Å². The van der Waals surface area contributed by atoms with E-state index in [-0.39, 0.29) is 18.3 Å². The summed E-state index contributed by atoms with van der Waals surface area (Å²) in [4.78, 5) is 39.3. The summed E-state index contributed by atoms with van der Waals surface area (Å²) in [6.45, 7) is 6.71. The van der Waals surface area contributed by atoms with Crippen LogP contribution in [0, 0.1) is 12.3 Å². The number of carbonyl (C=O) groups is 1. The van der Waals surface area contributed by atoms with Crippen molar-refractivity contribution < 1.29 is 33.0 Å². The Morgan fingerprint density at radius 2 is 1.91 bits per heavy atom. The Balaban J connectivity index is 1.37. The topological polar surface area (TPSA) is 158 Å². The highest BCUT2D eigenvalue weighted by Gasteiger charge is 2.64. The molecule has 1 saturated carbocycles. The van der Waals surface area contributed by atoms with Crippen LogP contribution >= 0.6 is 19.3 Å². The smallest absolute Gasteiger partial charge is 0.459 e. The van der Waals surface area contributed by atoms with Crippen LogP contribution in [0.4, 0.5) is 0 Å². The summed E-state index contributed by atoms with van der Waals surface area (Å²) in [5.41, 5.74) is 0.119. The maximum atomic E-state index is 14.4. The number of aliphatic hydroxyl groups is 1. The van der Waals surface area contributed by atoms with Gasteiger partial charge in [-0.2, -0.15) is 5.09 Å². The first-order chi connectivity index (χ1) is 21.3. The lowest BCUT2D eigenvalue weighted by Gasteiger charge is -2.26. The van der Waals surface area contributed by atoms with Gasteiger partial charge in [0, 0.05) is 22.7 Å². The van der Waals surface area contributed by atoms with Crippen molar-refractivity contribution in [3.8, 4) is 5.75 Å². The number of H-pyrrole nitrogens is 1. The van der Waals surface area contributed by atoms with Crippen LogP contribution in [-0.2, 0) is 30.0 Å². The van der Waals surface area contributed by atoms with Gasteiger partial charge < -0.3 is 19.1 Å². The van der Waals surface area contributed by atoms with E-state index in [1.807, 2.05) is 44.2 Å². The average Bonchev–Trinajstić information content (AvgIpc) is 3.75. The highest BCUT2D eigenvalue weighted by atomic mass is 35.5. The molecule has 2 heterocycles. The van der Waals surface area contributed by atoms with E-state index in [0.717, 1.165) is 5.56 Å². The minimum absolute atomic E-state index is 0.0152. The van der Waals surface area contributed by atoms with Crippen molar-refractivity contribution in [2.24, 2.45) is 5.41 Å². The van der Waals surface area contributed by atoms with E-state index in [1.54, 1.807) is 19.1 Å². The number of hydrogen-bond donors (Lipinski definition) is 3. The molecule has 45 heavy (non-hydrogen) atoms. The number of nitrogens with one attached hydrogen (secondary N) is 2. The van der Waals surface area contributed by atoms with Crippen LogP contribution < -0.4 is 20.9 Å². The summed E-state index contributed by atoms with van der Waals surface area (Å²) in [7, 11) is -4.36. The molecule has 12 nitrogen and oxygen atoms in total. The molecular formula is C31H37ClN3O9P. The lowest BCUT2D eigenvalue weighted by atomic mass is 9.96. The van der Waals surface area contributed by atoms with Gasteiger partial charge in [-0.05, 0) is 61.4 Å². The fraction of sp³-hybridized carbons (Fsp3) is 0.452. The van der Waals surface area contributed by atoms with Gasteiger partial charge in [0.05, 0.1) is 12.7 Å². The Morgan fingerprint density at radius 1 is 1.20 bits per heavy atom. The van der Waals surface area contributed by atoms with E-state index in [2.05, 4.69) is 10.1 Å². The molecular weight excluding hydrogens is 625 g/mol. The molecule has 242 valence electrons. The number of aryl methyl sites for hydroxylation is 1. The Bertz CT molecular complexity index is 1710. The highest BCUT2D eigenvalue weighted by Crippen LogP contribution is 2.62. The first-order valence-corrected chi connectivity index (χ1v) is 16.6. The number of esters is 1. The van der Waals surface area contributed by atoms with Crippen molar-refractivity contribution in [1.29, 1.82) is 0 Å². The predicted molar refractivity (Wildman–Crippen MR) is 166 cm³/mol. The van der Waals surface area contributed by atoms with Crippen molar-refractivity contribution in [2.75, 3.05) is 6.61 Å². The third-order valence-corrected chi connectivity index (χ3v) is 10.2. The van der Waals surface area contributed by atoms with Crippen LogP contribution in [-0.4, -0.2) is 45.5 Å². The van der Waals surface area contributed by atoms with Gasteiger partial charge in [0.25, 0.3) is 5.56 Å². The Morgan fingerprint density at radius 3 is 2.56 bits per heavy atom. The molecule has 1 spiro atoms. The molecule has 0 radical (unpaired) electrons. The second-order valence-corrected chi connectivity index (χ2v) is 13.9. The number of ether oxygens (including phenoxy) is 2. The first kappa shape index (κ1) is 33.1. The second-order valence-electron chi connectivity index (χ2n) is 11.8. The summed E-state index contributed by atoms with van der Waals surface area (Å²) in [5.74, 6) is -0.503. The molecule has 5 rings (SSSR count). The number of benzene rings is 2. The molecule has 2 aromatic carbocycles. The zero-order valence-electron chi connectivity index (χ0n) is 25.4. The number of carbonyl (C=O) groups excluding carboxylic acids is 1. The number of hydrogen-bond acceptors (Lipinski definition) is 9. The summed E-state index contributed by atoms with van der Waals surface area (Å²) >= 11 is 6.37. The fourth-order valence-electron chi connectivity index (χ4n) is 5.40. The first-order valence-electron chi connectivity index (χ1n) is 14.7. The summed E-state index contributed by atoms with van der Waals surface area (Å²) in [5, 5.41) is 14.4. The van der Waals surface area contributed by atoms with E-state index < -0.39 is 61.5 Å². The van der Waals surface area contributed by atoms with Crippen molar-refractivity contribution in [3.05, 3.63) is 97.3 Å². The van der Waals surface area contributed by atoms with Crippen LogP contribution in [0.5, 0.6) is 5.75 Å². The average molecular weight is 662 g/mol. The lowest BCUT2D eigenvalue weighted by molar-refractivity contribution is -0.146. The third-order valence-electron chi connectivity index (χ3n) is 8.14. The molecule has 1 saturated heterocycles. The van der Waals surface area contributed by atoms with E-state index in [1.165, 1.54) is 23.8 Å². The normalized spacial score (nSPS) is 22.2. The van der Waals surface area contributed by atoms with Crippen molar-refractivity contribution in [2.45, 2.75) is 77.5 Å². The van der Waals surface area contributed by atoms with Crippen molar-refractivity contribution in [1.82, 2.24) is 14.6 Å². The standard InChI is InChI=1S/C31H37ClN3O9P/c1-18(2)22-15-23(32)19(3)14-24(22)44-45(40,34-20(4)28(38)41-16-21-8-6-5-7-9-21)42-17-25-27(37)31(11-12-31)29(43-25)35-13-10-26(36)33-30(35)39/h5-10,13-15,18,20,25,27,29,37H,11-12,16-17H2,1-4H3,(H,34,40)(H,33,36,39). The van der Waals surface area contributed by atoms with Gasteiger partial charge in [-0.1, -0.05) is 55.8 Å². The van der Waals surface area contributed by atoms with E-state index in [4.69, 9.17) is 30.1 Å². The minimum Gasteiger partial charge on any atom is -0.460 e. The summed E-state index contributed by atoms with van der Waals surface area (Å²) in [6, 6.07) is 12.6. The molecule has 3 aromatic rings. The van der Waals surface area contributed by atoms with Crippen LogP contribution in [0.1, 0.15) is 62.4 Å². The van der Waals surface area contributed by atoms with Crippen LogP contribution in [0.2, 0.25) is 5.02 Å². The molecule has 2 fully saturated rings. The molecule has 0 amide bonds. The molecule has 3 N–H and O–H groups in total. The maximum absolute atomic E-state index is 14.4. The quantitative estimate of drug-likeness (QED) is 0.185. The molecule has 0 bridgehead atoms. The Labute approximate surface area is 265 Å². The molecule has 2 aliphatic rings. The SMILES string of the molecule is Cc1cc(OP(=O)(NC(C)C(=O)OCc2ccccc2)OCC2OC(n3ccc(=O)[nH]c3=O)C3(CC3)C2O)c(C(C)C)cc1Cl. The summed E-state index contributed by atoms with van der Waals surface area (Å²) < 4.78 is 39.1. The maximum Gasteiger partial charge on any atom is 0.459 e. The molecule has 1 aliphatic carbocycles. The summed E-state index contributed by atoms with van der Waals surface area (Å²) in [6.07, 6.45) is -0.508. The van der Waals surface area contributed by atoms with Gasteiger partial charge in [-0.3, -0.25) is 23.7 Å². The van der Waals surface area contributed by atoms with Crippen molar-refractivity contribution in [3.63, 3.8) is 0 Å². The number of rotatable bonds is 12. The van der Waals surface area contributed by atoms with Gasteiger partial charge in [0.15, 0.2) is 0 Å². The number of aromatic amines is 1. The number of halogens is 1. The van der Waals surface area contributed by atoms with Crippen LogP contribution in [0.3, 0.4) is 0 Å². The van der Waals surface area contributed by atoms with Crippen LogP contribution in [0.15, 0.2) is 64.3 Å². The van der Waals surface area contributed by atoms with E-state index in [9.17, 15) is 24.1 Å². The van der Waals surface area contributed by atoms with Gasteiger partial charge >= 0.3 is 19.4 Å². The largest absolute Gasteiger partial charge is 0.460 e. The predicted octanol–water partition coefficient (Wildman–Crippen LogP) is 4.59. The van der Waals surface area contributed by atoms with Crippen molar-refractivity contribution >= 4 is 25.3 Å². The van der Waals surface area contributed by atoms with Gasteiger partial charge in [-0.25, -0.2) is 9.36 Å². The van der Waals surface area contributed by atoms with Crippen LogP contribution in [0.25, 0.3) is 0 Å². The zero-order valence-corrected chi connectivity index (χ0v) is 27.0. The molecule has 1 aromatic heterocycles. The monoisotopic (exact) mass is 661 g/mol. The number of aromatic nitrogens is 2. The highest BCUT2D eigenvalue weighted by molar-refractivity contribution is 7.52. The minimum atomic E-state index is -4.36. The Hall–Kier alpha value is -3.25. The van der Waals surface area contributed by atoms with Gasteiger partial charge in [0.1, 0.15) is 30.7 Å². The lowest BCUT2D eigenvalue weighted by Crippen LogP contribution is -2.37. The molecule has 1 aliphatic heterocycles.